The molecule has 1 aromatic heterocycles. The molecule has 44 heavy (non-hydrogen) atoms. The van der Waals surface area contributed by atoms with Crippen LogP contribution in [0.25, 0.3) is 0 Å². The number of rotatable bonds is 7. The number of hydrogen-bond acceptors (Lipinski definition) is 7. The molecule has 1 amide bonds. The number of piperidine rings is 2. The highest BCUT2D eigenvalue weighted by molar-refractivity contribution is 7.90. The van der Waals surface area contributed by atoms with E-state index in [-0.39, 0.29) is 40.5 Å². The van der Waals surface area contributed by atoms with Gasteiger partial charge in [0.25, 0.3) is 5.91 Å². The van der Waals surface area contributed by atoms with E-state index in [0.717, 1.165) is 68.6 Å². The minimum Gasteiger partial charge on any atom is -0.411 e. The van der Waals surface area contributed by atoms with Gasteiger partial charge in [0.05, 0.1) is 22.2 Å². The molecule has 1 N–H and O–H groups in total. The number of carbonyl (C=O) groups is 1. The van der Waals surface area contributed by atoms with Gasteiger partial charge in [-0.1, -0.05) is 12.1 Å². The van der Waals surface area contributed by atoms with Crippen molar-refractivity contribution in [3.05, 3.63) is 52.6 Å². The molecule has 0 bridgehead atoms. The molecular formula is C32H47FN6O4S. The summed E-state index contributed by atoms with van der Waals surface area (Å²) in [5.74, 6) is -0.0657. The first-order chi connectivity index (χ1) is 20.9. The fraction of sp³-hybridized carbons (Fsp3) is 0.688. The van der Waals surface area contributed by atoms with Gasteiger partial charge >= 0.3 is 0 Å². The summed E-state index contributed by atoms with van der Waals surface area (Å²) in [5, 5.41) is 13.7. The Morgan fingerprint density at radius 1 is 1.05 bits per heavy atom. The maximum atomic E-state index is 14.5. The highest BCUT2D eigenvalue weighted by Gasteiger charge is 2.45. The number of hydrogen-bond donors (Lipinski definition) is 1. The summed E-state index contributed by atoms with van der Waals surface area (Å²) in [7, 11) is -3.19. The first-order valence-electron chi connectivity index (χ1n) is 16.2. The normalized spacial score (nSPS) is 25.3. The fourth-order valence-corrected chi connectivity index (χ4v) is 9.80. The van der Waals surface area contributed by atoms with Crippen LogP contribution < -0.4 is 0 Å². The molecule has 2 unspecified atom stereocenters. The lowest BCUT2D eigenvalue weighted by atomic mass is 9.82. The molecule has 242 valence electrons. The van der Waals surface area contributed by atoms with Crippen LogP contribution in [0.1, 0.15) is 85.7 Å². The maximum Gasteiger partial charge on any atom is 0.257 e. The van der Waals surface area contributed by atoms with Crippen LogP contribution in [-0.2, 0) is 10.0 Å². The van der Waals surface area contributed by atoms with E-state index in [2.05, 4.69) is 28.7 Å². The number of amides is 1. The van der Waals surface area contributed by atoms with Crippen molar-refractivity contribution in [2.24, 2.45) is 5.92 Å². The van der Waals surface area contributed by atoms with E-state index in [0.29, 0.717) is 43.1 Å². The van der Waals surface area contributed by atoms with E-state index in [1.807, 2.05) is 11.0 Å². The molecule has 4 heterocycles. The summed E-state index contributed by atoms with van der Waals surface area (Å²) in [5.41, 5.74) is 2.42. The number of aromatic nitrogens is 2. The van der Waals surface area contributed by atoms with Gasteiger partial charge in [0.15, 0.2) is 0 Å². The van der Waals surface area contributed by atoms with Crippen molar-refractivity contribution in [1.29, 1.82) is 0 Å². The predicted octanol–water partition coefficient (Wildman–Crippen LogP) is 3.82. The molecule has 4 fully saturated rings. The van der Waals surface area contributed by atoms with Crippen molar-refractivity contribution >= 4 is 15.9 Å². The molecule has 4 aliphatic rings. The number of sulfonamides is 1. The number of nitrogens with zero attached hydrogens (tertiary/aromatic N) is 6. The van der Waals surface area contributed by atoms with Crippen molar-refractivity contribution in [2.45, 2.75) is 89.1 Å². The van der Waals surface area contributed by atoms with Crippen molar-refractivity contribution in [3.8, 4) is 0 Å². The Morgan fingerprint density at radius 2 is 1.73 bits per heavy atom. The van der Waals surface area contributed by atoms with Crippen molar-refractivity contribution in [2.75, 3.05) is 45.8 Å². The zero-order valence-corrected chi connectivity index (χ0v) is 27.3. The lowest BCUT2D eigenvalue weighted by Crippen LogP contribution is -2.63. The van der Waals surface area contributed by atoms with Crippen LogP contribution >= 0.6 is 0 Å². The van der Waals surface area contributed by atoms with E-state index in [9.17, 15) is 22.8 Å². The zero-order chi connectivity index (χ0) is 31.4. The van der Waals surface area contributed by atoms with Gasteiger partial charge in [0, 0.05) is 63.4 Å². The number of likely N-dealkylation sites (tertiary alicyclic amines) is 1. The number of halogens is 1. The summed E-state index contributed by atoms with van der Waals surface area (Å²) in [6, 6.07) is 7.22. The summed E-state index contributed by atoms with van der Waals surface area (Å²) in [6.07, 6.45) is 4.82. The van der Waals surface area contributed by atoms with Crippen LogP contribution in [0.4, 0.5) is 4.39 Å². The first kappa shape index (κ1) is 31.4. The van der Waals surface area contributed by atoms with Crippen LogP contribution in [0.5, 0.6) is 0 Å². The van der Waals surface area contributed by atoms with E-state index in [1.165, 1.54) is 6.07 Å². The minimum atomic E-state index is -3.19. The second-order valence-electron chi connectivity index (χ2n) is 13.7. The molecular weight excluding hydrogens is 583 g/mol. The summed E-state index contributed by atoms with van der Waals surface area (Å²) < 4.78 is 42.0. The Balaban J connectivity index is 1.12. The summed E-state index contributed by atoms with van der Waals surface area (Å²) >= 11 is 0. The average molecular weight is 631 g/mol. The topological polar surface area (TPSA) is 102 Å². The number of aryl methyl sites for hydroxylation is 1. The molecule has 3 aliphatic heterocycles. The van der Waals surface area contributed by atoms with Gasteiger partial charge in [-0.05, 0) is 89.8 Å². The molecule has 2 atom stereocenters. The van der Waals surface area contributed by atoms with E-state index >= 15 is 0 Å². The van der Waals surface area contributed by atoms with Crippen LogP contribution in [0.3, 0.4) is 0 Å². The van der Waals surface area contributed by atoms with Crippen molar-refractivity contribution in [3.63, 3.8) is 0 Å². The third-order valence-electron chi connectivity index (χ3n) is 10.9. The van der Waals surface area contributed by atoms with Gasteiger partial charge in [-0.25, -0.2) is 17.1 Å². The SMILES string of the molecule is Cc1nn(O)c(C)c1C(=O)N1CCC(C)(N2CCN(C(c3cccc(F)c3)C3CCN(S(=O)(=O)C4CC4)CC3)C(C)C2)CC1. The maximum absolute atomic E-state index is 14.5. The molecule has 0 radical (unpaired) electrons. The standard InChI is InChI=1S/C32H47FN6O4S/c1-22-21-36(32(4)12-16-35(17-13-32)31(40)29-23(2)34-39(41)24(29)3)18-19-38(22)30(26-6-5-7-27(33)20-26)25-10-14-37(15-11-25)44(42,43)28-8-9-28/h5-7,20,22,25,28,30,41H,8-19,21H2,1-4H3. The van der Waals surface area contributed by atoms with Crippen molar-refractivity contribution in [1.82, 2.24) is 28.9 Å². The van der Waals surface area contributed by atoms with Gasteiger partial charge in [-0.15, -0.1) is 9.94 Å². The van der Waals surface area contributed by atoms with Crippen LogP contribution in [0, 0.1) is 25.6 Å². The third kappa shape index (κ3) is 5.90. The van der Waals surface area contributed by atoms with E-state index in [4.69, 9.17) is 0 Å². The zero-order valence-electron chi connectivity index (χ0n) is 26.5. The Labute approximate surface area is 260 Å². The monoisotopic (exact) mass is 630 g/mol. The molecule has 12 heteroatoms. The molecule has 3 saturated heterocycles. The molecule has 1 aromatic carbocycles. The number of piperazine rings is 1. The van der Waals surface area contributed by atoms with Gasteiger partial charge in [-0.3, -0.25) is 14.6 Å². The van der Waals surface area contributed by atoms with Crippen LogP contribution in [-0.4, -0.2) is 111 Å². The summed E-state index contributed by atoms with van der Waals surface area (Å²) in [4.78, 5) is 21.1. The van der Waals surface area contributed by atoms with Gasteiger partial charge in [0.1, 0.15) is 5.82 Å². The number of benzene rings is 1. The highest BCUT2D eigenvalue weighted by Crippen LogP contribution is 2.41. The van der Waals surface area contributed by atoms with E-state index in [1.54, 1.807) is 30.3 Å². The fourth-order valence-electron chi connectivity index (χ4n) is 7.93. The Kier molecular flexibility index (Phi) is 8.57. The van der Waals surface area contributed by atoms with Gasteiger partial charge < -0.3 is 10.1 Å². The smallest absolute Gasteiger partial charge is 0.257 e. The number of carbonyl (C=O) groups excluding carboxylic acids is 1. The molecule has 10 nitrogen and oxygen atoms in total. The second kappa shape index (κ2) is 12.0. The average Bonchev–Trinajstić information content (AvgIpc) is 3.82. The third-order valence-corrected chi connectivity index (χ3v) is 13.2. The van der Waals surface area contributed by atoms with Gasteiger partial charge in [-0.2, -0.15) is 0 Å². The van der Waals surface area contributed by atoms with Crippen molar-refractivity contribution < 1.29 is 22.8 Å². The van der Waals surface area contributed by atoms with Crippen LogP contribution in [0.15, 0.2) is 24.3 Å². The lowest BCUT2D eigenvalue weighted by Gasteiger charge is -2.54. The quantitative estimate of drug-likeness (QED) is 0.464. The predicted molar refractivity (Wildman–Crippen MR) is 166 cm³/mol. The molecule has 1 aliphatic carbocycles. The highest BCUT2D eigenvalue weighted by atomic mass is 32.2. The molecule has 2 aromatic rings. The summed E-state index contributed by atoms with van der Waals surface area (Å²) in [6.45, 7) is 13.0. The Morgan fingerprint density at radius 3 is 2.30 bits per heavy atom. The second-order valence-corrected chi connectivity index (χ2v) is 16.0. The van der Waals surface area contributed by atoms with Gasteiger partial charge in [0.2, 0.25) is 10.0 Å². The Hall–Kier alpha value is -2.54. The van der Waals surface area contributed by atoms with E-state index < -0.39 is 10.0 Å². The minimum absolute atomic E-state index is 0.0276. The molecule has 0 spiro atoms. The lowest BCUT2D eigenvalue weighted by molar-refractivity contribution is -0.0422. The molecule has 1 saturated carbocycles. The van der Waals surface area contributed by atoms with Crippen LogP contribution in [0.2, 0.25) is 0 Å². The molecule has 6 rings (SSSR count). The largest absolute Gasteiger partial charge is 0.411 e. The Bertz CT molecular complexity index is 1480. The first-order valence-corrected chi connectivity index (χ1v) is 17.7.